The van der Waals surface area contributed by atoms with Gasteiger partial charge in [0, 0.05) is 18.0 Å². The summed E-state index contributed by atoms with van der Waals surface area (Å²) in [7, 11) is 0. The first-order chi connectivity index (χ1) is 18.7. The van der Waals surface area contributed by atoms with E-state index in [1.807, 2.05) is 12.4 Å². The highest BCUT2D eigenvalue weighted by atomic mass is 16.5. The van der Waals surface area contributed by atoms with Gasteiger partial charge in [-0.05, 0) is 62.5 Å². The largest absolute Gasteiger partial charge is 0.462 e. The number of esters is 1. The predicted molar refractivity (Wildman–Crippen MR) is 158 cm³/mol. The standard InChI is InChI=1S/C34H52N2O2/c1-3-5-7-9-10-11-12-13-18-29-26-35-33(36-27-29)30-23-21-28(22-24-30)17-15-16-19-31-25-32(38-34(31)37)20-14-8-6-4-2/h21-24,26-27,31-32H,3-20,25H2,1-2H3. The minimum Gasteiger partial charge on any atom is -0.462 e. The lowest BCUT2D eigenvalue weighted by molar-refractivity contribution is -0.144. The third-order valence-electron chi connectivity index (χ3n) is 8.05. The Labute approximate surface area is 232 Å². The highest BCUT2D eigenvalue weighted by molar-refractivity contribution is 5.74. The summed E-state index contributed by atoms with van der Waals surface area (Å²) >= 11 is 0. The molecule has 1 aromatic carbocycles. The Bertz CT molecular complexity index is 894. The first-order valence-electron chi connectivity index (χ1n) is 15.8. The van der Waals surface area contributed by atoms with Crippen molar-refractivity contribution in [2.24, 2.45) is 5.92 Å². The molecule has 38 heavy (non-hydrogen) atoms. The van der Waals surface area contributed by atoms with Crippen molar-refractivity contribution in [2.45, 2.75) is 142 Å². The Morgan fingerprint density at radius 1 is 0.684 bits per heavy atom. The van der Waals surface area contributed by atoms with E-state index < -0.39 is 0 Å². The molecule has 1 saturated heterocycles. The molecule has 2 aromatic rings. The normalized spacial score (nSPS) is 17.2. The fourth-order valence-electron chi connectivity index (χ4n) is 5.57. The molecular formula is C34H52N2O2. The van der Waals surface area contributed by atoms with Gasteiger partial charge in [0.15, 0.2) is 5.82 Å². The lowest BCUT2D eigenvalue weighted by atomic mass is 9.95. The molecule has 0 bridgehead atoms. The summed E-state index contributed by atoms with van der Waals surface area (Å²) in [6, 6.07) is 8.67. The number of benzene rings is 1. The van der Waals surface area contributed by atoms with Crippen molar-refractivity contribution in [3.63, 3.8) is 0 Å². The van der Waals surface area contributed by atoms with Crippen LogP contribution in [-0.2, 0) is 22.4 Å². The van der Waals surface area contributed by atoms with E-state index in [-0.39, 0.29) is 18.0 Å². The summed E-state index contributed by atoms with van der Waals surface area (Å²) in [6.07, 6.45) is 27.1. The molecule has 4 nitrogen and oxygen atoms in total. The zero-order chi connectivity index (χ0) is 26.8. The van der Waals surface area contributed by atoms with Crippen LogP contribution in [0.5, 0.6) is 0 Å². The average molecular weight is 521 g/mol. The summed E-state index contributed by atoms with van der Waals surface area (Å²) in [4.78, 5) is 21.5. The molecular weight excluding hydrogens is 468 g/mol. The van der Waals surface area contributed by atoms with E-state index in [1.165, 1.54) is 88.2 Å². The molecule has 2 heterocycles. The molecule has 3 rings (SSSR count). The molecule has 1 aliphatic rings. The Balaban J connectivity index is 1.29. The van der Waals surface area contributed by atoms with Crippen molar-refractivity contribution in [2.75, 3.05) is 0 Å². The van der Waals surface area contributed by atoms with Crippen LogP contribution in [0, 0.1) is 5.92 Å². The maximum Gasteiger partial charge on any atom is 0.309 e. The molecule has 1 aliphatic heterocycles. The first kappa shape index (κ1) is 30.3. The van der Waals surface area contributed by atoms with Gasteiger partial charge in [-0.3, -0.25) is 4.79 Å². The molecule has 0 spiro atoms. The van der Waals surface area contributed by atoms with Gasteiger partial charge in [-0.25, -0.2) is 9.97 Å². The fraction of sp³-hybridized carbons (Fsp3) is 0.676. The summed E-state index contributed by atoms with van der Waals surface area (Å²) in [5, 5.41) is 0. The van der Waals surface area contributed by atoms with Crippen LogP contribution in [0.3, 0.4) is 0 Å². The monoisotopic (exact) mass is 520 g/mol. The van der Waals surface area contributed by atoms with Crippen LogP contribution in [0.2, 0.25) is 0 Å². The molecule has 2 unspecified atom stereocenters. The van der Waals surface area contributed by atoms with Crippen LogP contribution in [0.1, 0.15) is 134 Å². The molecule has 0 amide bonds. The number of aromatic nitrogens is 2. The Morgan fingerprint density at radius 2 is 1.24 bits per heavy atom. The number of carbonyl (C=O) groups excluding carboxylic acids is 1. The van der Waals surface area contributed by atoms with Crippen LogP contribution in [-0.4, -0.2) is 22.0 Å². The lowest BCUT2D eigenvalue weighted by Crippen LogP contribution is -2.07. The minimum atomic E-state index is 0.0404. The first-order valence-corrected chi connectivity index (χ1v) is 15.8. The van der Waals surface area contributed by atoms with Crippen LogP contribution >= 0.6 is 0 Å². The van der Waals surface area contributed by atoms with Crippen molar-refractivity contribution in [3.05, 3.63) is 47.8 Å². The lowest BCUT2D eigenvalue weighted by Gasteiger charge is -2.08. The minimum absolute atomic E-state index is 0.0404. The third kappa shape index (κ3) is 11.3. The number of hydrogen-bond donors (Lipinski definition) is 0. The van der Waals surface area contributed by atoms with Gasteiger partial charge in [0.1, 0.15) is 6.10 Å². The molecule has 0 aliphatic carbocycles. The average Bonchev–Trinajstić information content (AvgIpc) is 3.30. The fourth-order valence-corrected chi connectivity index (χ4v) is 5.57. The third-order valence-corrected chi connectivity index (χ3v) is 8.05. The number of nitrogens with zero attached hydrogens (tertiary/aromatic N) is 2. The van der Waals surface area contributed by atoms with Crippen LogP contribution in [0.4, 0.5) is 0 Å². The molecule has 1 fully saturated rings. The number of aryl methyl sites for hydroxylation is 2. The molecule has 0 N–H and O–H groups in total. The van der Waals surface area contributed by atoms with Gasteiger partial charge in [-0.15, -0.1) is 0 Å². The highest BCUT2D eigenvalue weighted by Crippen LogP contribution is 2.29. The van der Waals surface area contributed by atoms with E-state index in [0.29, 0.717) is 0 Å². The Morgan fingerprint density at radius 3 is 1.92 bits per heavy atom. The summed E-state index contributed by atoms with van der Waals surface area (Å²) in [5.41, 5.74) is 3.65. The van der Waals surface area contributed by atoms with Gasteiger partial charge < -0.3 is 4.74 Å². The van der Waals surface area contributed by atoms with Crippen molar-refractivity contribution in [3.8, 4) is 11.4 Å². The van der Waals surface area contributed by atoms with Crippen molar-refractivity contribution in [1.82, 2.24) is 9.97 Å². The van der Waals surface area contributed by atoms with Crippen LogP contribution in [0.15, 0.2) is 36.7 Å². The molecule has 2 atom stereocenters. The van der Waals surface area contributed by atoms with Gasteiger partial charge in [-0.2, -0.15) is 0 Å². The van der Waals surface area contributed by atoms with E-state index in [0.717, 1.165) is 56.3 Å². The SMILES string of the molecule is CCCCCCCCCCc1cnc(-c2ccc(CCCCC3CC(CCCCCC)OC3=O)cc2)nc1. The van der Waals surface area contributed by atoms with Gasteiger partial charge in [0.2, 0.25) is 0 Å². The molecule has 0 radical (unpaired) electrons. The van der Waals surface area contributed by atoms with E-state index in [9.17, 15) is 4.79 Å². The number of carbonyl (C=O) groups is 1. The second-order valence-corrected chi connectivity index (χ2v) is 11.4. The summed E-state index contributed by atoms with van der Waals surface area (Å²) in [6.45, 7) is 4.50. The number of unbranched alkanes of at least 4 members (excludes halogenated alkanes) is 11. The van der Waals surface area contributed by atoms with Crippen molar-refractivity contribution < 1.29 is 9.53 Å². The van der Waals surface area contributed by atoms with E-state index in [2.05, 4.69) is 48.1 Å². The maximum absolute atomic E-state index is 12.2. The van der Waals surface area contributed by atoms with E-state index in [1.54, 1.807) is 0 Å². The maximum atomic E-state index is 12.2. The van der Waals surface area contributed by atoms with Gasteiger partial charge in [0.25, 0.3) is 0 Å². The second kappa shape index (κ2) is 18.1. The van der Waals surface area contributed by atoms with Crippen molar-refractivity contribution >= 4 is 5.97 Å². The molecule has 210 valence electrons. The topological polar surface area (TPSA) is 52.1 Å². The Hall–Kier alpha value is -2.23. The highest BCUT2D eigenvalue weighted by Gasteiger charge is 2.33. The zero-order valence-corrected chi connectivity index (χ0v) is 24.3. The second-order valence-electron chi connectivity index (χ2n) is 11.4. The molecule has 4 heteroatoms. The Kier molecular flexibility index (Phi) is 14.5. The van der Waals surface area contributed by atoms with Gasteiger partial charge >= 0.3 is 5.97 Å². The van der Waals surface area contributed by atoms with Gasteiger partial charge in [-0.1, -0.05) is 109 Å². The zero-order valence-electron chi connectivity index (χ0n) is 24.3. The number of hydrogen-bond acceptors (Lipinski definition) is 4. The van der Waals surface area contributed by atoms with Gasteiger partial charge in [0.05, 0.1) is 5.92 Å². The number of cyclic esters (lactones) is 1. The van der Waals surface area contributed by atoms with Crippen LogP contribution in [0.25, 0.3) is 11.4 Å². The molecule has 0 saturated carbocycles. The van der Waals surface area contributed by atoms with E-state index >= 15 is 0 Å². The summed E-state index contributed by atoms with van der Waals surface area (Å²) < 4.78 is 5.63. The predicted octanol–water partition coefficient (Wildman–Crippen LogP) is 9.44. The summed E-state index contributed by atoms with van der Waals surface area (Å²) in [5.74, 6) is 0.961. The number of ether oxygens (including phenoxy) is 1. The van der Waals surface area contributed by atoms with E-state index in [4.69, 9.17) is 4.74 Å². The quantitative estimate of drug-likeness (QED) is 0.129. The number of rotatable bonds is 20. The molecule has 1 aromatic heterocycles. The van der Waals surface area contributed by atoms with Crippen LogP contribution < -0.4 is 0 Å². The van der Waals surface area contributed by atoms with Crippen molar-refractivity contribution in [1.29, 1.82) is 0 Å². The smallest absolute Gasteiger partial charge is 0.309 e.